The maximum absolute atomic E-state index is 11.9. The van der Waals surface area contributed by atoms with E-state index in [1.807, 2.05) is 19.9 Å². The van der Waals surface area contributed by atoms with Crippen LogP contribution in [-0.4, -0.2) is 23.7 Å². The van der Waals surface area contributed by atoms with Crippen LogP contribution in [0.4, 0.5) is 0 Å². The summed E-state index contributed by atoms with van der Waals surface area (Å²) >= 11 is 4.43. The van der Waals surface area contributed by atoms with E-state index in [1.54, 1.807) is 6.07 Å². The Morgan fingerprint density at radius 1 is 1.35 bits per heavy atom. The van der Waals surface area contributed by atoms with Crippen molar-refractivity contribution in [2.24, 2.45) is 5.92 Å². The highest BCUT2D eigenvalue weighted by Gasteiger charge is 2.28. The highest BCUT2D eigenvalue weighted by Crippen LogP contribution is 2.41. The van der Waals surface area contributed by atoms with Crippen molar-refractivity contribution in [3.05, 3.63) is 36.0 Å². The van der Waals surface area contributed by atoms with E-state index < -0.39 is 5.97 Å². The molecule has 23 heavy (non-hydrogen) atoms. The molecule has 1 aliphatic rings. The van der Waals surface area contributed by atoms with Crippen LogP contribution in [0.3, 0.4) is 0 Å². The monoisotopic (exact) mass is 540 g/mol. The molecular formula is C17H18I2O4. The number of hydrogen-bond donors (Lipinski definition) is 1. The zero-order valence-corrected chi connectivity index (χ0v) is 17.3. The van der Waals surface area contributed by atoms with Crippen LogP contribution in [0.25, 0.3) is 5.57 Å². The summed E-state index contributed by atoms with van der Waals surface area (Å²) in [6.07, 6.45) is 2.18. The number of halogens is 2. The summed E-state index contributed by atoms with van der Waals surface area (Å²) in [7, 11) is 0. The van der Waals surface area contributed by atoms with E-state index in [4.69, 9.17) is 4.74 Å². The number of aromatic carboxylic acids is 1. The molecule has 1 aliphatic carbocycles. The molecule has 1 aromatic rings. The molecule has 0 aromatic heterocycles. The molecule has 2 rings (SSSR count). The van der Waals surface area contributed by atoms with Crippen molar-refractivity contribution in [2.75, 3.05) is 6.61 Å². The second kappa shape index (κ2) is 7.96. The van der Waals surface area contributed by atoms with Gasteiger partial charge in [-0.25, -0.2) is 4.79 Å². The van der Waals surface area contributed by atoms with E-state index in [0.29, 0.717) is 18.6 Å². The fourth-order valence-corrected chi connectivity index (χ4v) is 4.57. The Morgan fingerprint density at radius 2 is 2.04 bits per heavy atom. The van der Waals surface area contributed by atoms with Crippen LogP contribution in [0.5, 0.6) is 0 Å². The van der Waals surface area contributed by atoms with Crippen LogP contribution in [0, 0.1) is 16.4 Å². The van der Waals surface area contributed by atoms with Crippen LogP contribution in [0.1, 0.15) is 47.7 Å². The quantitative estimate of drug-likeness (QED) is 0.441. The fourth-order valence-electron chi connectivity index (χ4n) is 2.85. The molecule has 0 radical (unpaired) electrons. The maximum atomic E-state index is 11.9. The Balaban J connectivity index is 2.38. The number of carbonyl (C=O) groups is 2. The molecule has 0 aliphatic heterocycles. The third kappa shape index (κ3) is 4.26. The van der Waals surface area contributed by atoms with Gasteiger partial charge in [-0.1, -0.05) is 0 Å². The molecule has 0 amide bonds. The molecule has 0 saturated heterocycles. The van der Waals surface area contributed by atoms with Gasteiger partial charge in [-0.15, -0.1) is 0 Å². The van der Waals surface area contributed by atoms with Crippen molar-refractivity contribution >= 4 is 62.7 Å². The Morgan fingerprint density at radius 3 is 2.61 bits per heavy atom. The first-order valence-electron chi connectivity index (χ1n) is 7.43. The van der Waals surface area contributed by atoms with Gasteiger partial charge in [0.05, 0.1) is 18.1 Å². The van der Waals surface area contributed by atoms with Gasteiger partial charge in [-0.2, -0.15) is 0 Å². The molecule has 0 saturated carbocycles. The number of allylic oxidation sites excluding steroid dienone is 2. The molecule has 0 bridgehead atoms. The summed E-state index contributed by atoms with van der Waals surface area (Å²) in [5.41, 5.74) is 3.28. The van der Waals surface area contributed by atoms with Crippen LogP contribution in [-0.2, 0) is 9.53 Å². The average Bonchev–Trinajstić information content (AvgIpc) is 2.49. The van der Waals surface area contributed by atoms with E-state index >= 15 is 0 Å². The lowest BCUT2D eigenvalue weighted by Gasteiger charge is -2.25. The first-order chi connectivity index (χ1) is 10.8. The third-order valence-corrected chi connectivity index (χ3v) is 5.76. The molecule has 0 fully saturated rings. The van der Waals surface area contributed by atoms with Crippen molar-refractivity contribution in [1.29, 1.82) is 0 Å². The molecule has 6 heteroatoms. The number of rotatable bonds is 4. The van der Waals surface area contributed by atoms with Crippen molar-refractivity contribution in [3.8, 4) is 0 Å². The van der Waals surface area contributed by atoms with E-state index in [9.17, 15) is 14.7 Å². The number of esters is 1. The standard InChI is InChI=1S/C17H18I2O4/c1-3-23-17(22)10-4-5-12(15(19)6-10)13-7-11(18)8-14(9(13)2)16(20)21/h7-8,10H,3-6H2,1-2H3,(H,20,21). The Bertz CT molecular complexity index is 679. The van der Waals surface area contributed by atoms with Gasteiger partial charge in [0.25, 0.3) is 0 Å². The molecule has 1 N–H and O–H groups in total. The lowest BCUT2D eigenvalue weighted by atomic mass is 9.84. The lowest BCUT2D eigenvalue weighted by Crippen LogP contribution is -2.21. The first-order valence-corrected chi connectivity index (χ1v) is 9.58. The molecule has 0 heterocycles. The maximum Gasteiger partial charge on any atom is 0.336 e. The van der Waals surface area contributed by atoms with Gasteiger partial charge < -0.3 is 9.84 Å². The Labute approximate surface area is 163 Å². The van der Waals surface area contributed by atoms with Gasteiger partial charge in [0, 0.05) is 3.57 Å². The van der Waals surface area contributed by atoms with E-state index in [2.05, 4.69) is 45.2 Å². The largest absolute Gasteiger partial charge is 0.478 e. The minimum absolute atomic E-state index is 0.0902. The summed E-state index contributed by atoms with van der Waals surface area (Å²) in [6.45, 7) is 4.07. The number of benzene rings is 1. The second-order valence-corrected chi connectivity index (χ2v) is 8.05. The summed E-state index contributed by atoms with van der Waals surface area (Å²) in [4.78, 5) is 23.3. The highest BCUT2D eigenvalue weighted by molar-refractivity contribution is 14.1. The third-order valence-electron chi connectivity index (χ3n) is 4.04. The smallest absolute Gasteiger partial charge is 0.336 e. The molecule has 4 nitrogen and oxygen atoms in total. The minimum atomic E-state index is -0.905. The summed E-state index contributed by atoms with van der Waals surface area (Å²) < 4.78 is 7.15. The van der Waals surface area contributed by atoms with Gasteiger partial charge in [0.15, 0.2) is 0 Å². The average molecular weight is 540 g/mol. The topological polar surface area (TPSA) is 63.6 Å². The first kappa shape index (κ1) is 18.7. The molecule has 1 atom stereocenters. The fraction of sp³-hybridized carbons (Fsp3) is 0.412. The van der Waals surface area contributed by atoms with Gasteiger partial charge in [0.1, 0.15) is 0 Å². The van der Waals surface area contributed by atoms with Gasteiger partial charge in [-0.3, -0.25) is 4.79 Å². The van der Waals surface area contributed by atoms with E-state index in [-0.39, 0.29) is 11.9 Å². The predicted molar refractivity (Wildman–Crippen MR) is 106 cm³/mol. The molecule has 0 spiro atoms. The summed E-state index contributed by atoms with van der Waals surface area (Å²) in [5, 5.41) is 9.37. The van der Waals surface area contributed by atoms with E-state index in [1.165, 1.54) is 0 Å². The Hall–Kier alpha value is -0.640. The van der Waals surface area contributed by atoms with Crippen molar-refractivity contribution in [2.45, 2.75) is 33.1 Å². The predicted octanol–water partition coefficient (Wildman–Crippen LogP) is 4.81. The molecule has 1 unspecified atom stereocenters. The minimum Gasteiger partial charge on any atom is -0.478 e. The second-order valence-electron chi connectivity index (χ2n) is 5.51. The summed E-state index contributed by atoms with van der Waals surface area (Å²) in [5.74, 6) is -1.13. The van der Waals surface area contributed by atoms with Gasteiger partial charge in [0.2, 0.25) is 0 Å². The Kier molecular flexibility index (Phi) is 6.47. The van der Waals surface area contributed by atoms with Gasteiger partial charge in [-0.05, 0) is 111 Å². The van der Waals surface area contributed by atoms with Crippen molar-refractivity contribution < 1.29 is 19.4 Å². The normalized spacial score (nSPS) is 18.0. The van der Waals surface area contributed by atoms with Crippen LogP contribution >= 0.6 is 45.2 Å². The SMILES string of the molecule is CCOC(=O)C1CCC(c2cc(I)cc(C(=O)O)c2C)=C(I)C1. The van der Waals surface area contributed by atoms with Crippen molar-refractivity contribution in [1.82, 2.24) is 0 Å². The van der Waals surface area contributed by atoms with Crippen LogP contribution in [0.15, 0.2) is 15.7 Å². The molecular weight excluding hydrogens is 522 g/mol. The zero-order chi connectivity index (χ0) is 17.1. The highest BCUT2D eigenvalue weighted by atomic mass is 127. The molecule has 124 valence electrons. The lowest BCUT2D eigenvalue weighted by molar-refractivity contribution is -0.148. The number of carboxylic acids is 1. The number of ether oxygens (including phenoxy) is 1. The zero-order valence-electron chi connectivity index (χ0n) is 13.0. The number of hydrogen-bond acceptors (Lipinski definition) is 3. The molecule has 1 aromatic carbocycles. The van der Waals surface area contributed by atoms with Crippen LogP contribution < -0.4 is 0 Å². The number of carbonyl (C=O) groups excluding carboxylic acids is 1. The number of carboxylic acid groups (broad SMARTS) is 1. The summed E-state index contributed by atoms with van der Waals surface area (Å²) in [6, 6.07) is 3.72. The van der Waals surface area contributed by atoms with Crippen molar-refractivity contribution in [3.63, 3.8) is 0 Å². The van der Waals surface area contributed by atoms with Crippen LogP contribution in [0.2, 0.25) is 0 Å². The van der Waals surface area contributed by atoms with Gasteiger partial charge >= 0.3 is 11.9 Å². The van der Waals surface area contributed by atoms with E-state index in [0.717, 1.165) is 36.7 Å².